The fraction of sp³-hybridized carbons (Fsp3) is 0.976. The standard InChI is InChI=1S/C28H60N2O.C14H28O2/c1-3-5-7-9-11-13-15-17-19-21-23-25-27-29-31-30-28-26-24-22-20-18-16-14-12-10-8-6-4-2;1-2-3-4-5-6-7-8-9-10-11-12-13-14(15)16/h29-30H,3-28H2,1-2H3;2-13H2,1H3,(H,15,16). The molecule has 0 radical (unpaired) electrons. The first-order chi connectivity index (χ1) is 23.2. The van der Waals surface area contributed by atoms with E-state index in [1.807, 2.05) is 0 Å². The highest BCUT2D eigenvalue weighted by molar-refractivity contribution is 5.66. The Kier molecular flexibility index (Phi) is 48.9. The van der Waals surface area contributed by atoms with Crippen molar-refractivity contribution in [2.45, 2.75) is 252 Å². The Hall–Kier alpha value is -0.650. The molecular formula is C42H88N2O3. The van der Waals surface area contributed by atoms with Crippen molar-refractivity contribution >= 4 is 5.97 Å². The first kappa shape index (κ1) is 48.5. The molecule has 0 atom stereocenters. The zero-order valence-electron chi connectivity index (χ0n) is 32.6. The number of carbonyl (C=O) groups is 1. The Morgan fingerprint density at radius 1 is 0.362 bits per heavy atom. The molecule has 0 fully saturated rings. The quantitative estimate of drug-likeness (QED) is 0.0448. The molecule has 0 aliphatic rings. The summed E-state index contributed by atoms with van der Waals surface area (Å²) >= 11 is 0. The molecule has 3 N–H and O–H groups in total. The lowest BCUT2D eigenvalue weighted by Crippen LogP contribution is -2.27. The third kappa shape index (κ3) is 52.3. The van der Waals surface area contributed by atoms with Crippen molar-refractivity contribution in [3.63, 3.8) is 0 Å². The van der Waals surface area contributed by atoms with E-state index in [1.54, 1.807) is 0 Å². The van der Waals surface area contributed by atoms with E-state index in [1.165, 1.54) is 212 Å². The van der Waals surface area contributed by atoms with Crippen molar-refractivity contribution in [1.82, 2.24) is 11.0 Å². The van der Waals surface area contributed by atoms with Gasteiger partial charge in [-0.2, -0.15) is 11.0 Å². The molecule has 0 bridgehead atoms. The van der Waals surface area contributed by atoms with Crippen LogP contribution in [0.4, 0.5) is 0 Å². The predicted molar refractivity (Wildman–Crippen MR) is 208 cm³/mol. The largest absolute Gasteiger partial charge is 0.481 e. The second kappa shape index (κ2) is 47.5. The second-order valence-corrected chi connectivity index (χ2v) is 14.3. The summed E-state index contributed by atoms with van der Waals surface area (Å²) in [6.07, 6.45) is 47.9. The van der Waals surface area contributed by atoms with E-state index in [0.717, 1.165) is 25.9 Å². The normalized spacial score (nSPS) is 11.1. The van der Waals surface area contributed by atoms with E-state index in [0.29, 0.717) is 6.42 Å². The molecule has 0 aliphatic heterocycles. The van der Waals surface area contributed by atoms with Crippen molar-refractivity contribution in [2.75, 3.05) is 13.1 Å². The van der Waals surface area contributed by atoms with Crippen LogP contribution in [0.3, 0.4) is 0 Å². The van der Waals surface area contributed by atoms with Gasteiger partial charge < -0.3 is 5.11 Å². The number of hydrogen-bond acceptors (Lipinski definition) is 4. The fourth-order valence-corrected chi connectivity index (χ4v) is 6.17. The molecule has 0 amide bonds. The number of carboxylic acid groups (broad SMARTS) is 1. The van der Waals surface area contributed by atoms with Gasteiger partial charge in [-0.25, -0.2) is 4.94 Å². The van der Waals surface area contributed by atoms with E-state index < -0.39 is 5.97 Å². The van der Waals surface area contributed by atoms with Gasteiger partial charge in [0, 0.05) is 19.5 Å². The lowest BCUT2D eigenvalue weighted by Gasteiger charge is -2.07. The summed E-state index contributed by atoms with van der Waals surface area (Å²) in [5.74, 6) is -0.657. The van der Waals surface area contributed by atoms with Crippen LogP contribution < -0.4 is 11.0 Å². The van der Waals surface area contributed by atoms with Gasteiger partial charge in [-0.1, -0.05) is 226 Å². The van der Waals surface area contributed by atoms with Crippen molar-refractivity contribution < 1.29 is 14.8 Å². The lowest BCUT2D eigenvalue weighted by atomic mass is 10.1. The Labute approximate surface area is 296 Å². The molecule has 0 saturated carbocycles. The summed E-state index contributed by atoms with van der Waals surface area (Å²) in [6.45, 7) is 8.75. The summed E-state index contributed by atoms with van der Waals surface area (Å²) in [5, 5.41) is 8.46. The fourth-order valence-electron chi connectivity index (χ4n) is 6.17. The highest BCUT2D eigenvalue weighted by Crippen LogP contribution is 2.14. The van der Waals surface area contributed by atoms with Gasteiger partial charge >= 0.3 is 5.97 Å². The van der Waals surface area contributed by atoms with Crippen molar-refractivity contribution in [2.24, 2.45) is 0 Å². The number of aliphatic carboxylic acids is 1. The maximum absolute atomic E-state index is 10.3. The molecule has 0 aromatic rings. The van der Waals surface area contributed by atoms with E-state index in [4.69, 9.17) is 10.0 Å². The SMILES string of the molecule is CCCCCCCCCCCCCC(=O)O.CCCCCCCCCCCCCCNONCCCCCCCCCCCCCC. The van der Waals surface area contributed by atoms with Crippen LogP contribution in [0.2, 0.25) is 0 Å². The van der Waals surface area contributed by atoms with Crippen LogP contribution in [0, 0.1) is 0 Å². The van der Waals surface area contributed by atoms with Gasteiger partial charge in [0.05, 0.1) is 0 Å². The highest BCUT2D eigenvalue weighted by atomic mass is 16.8. The molecule has 284 valence electrons. The number of rotatable bonds is 40. The summed E-state index contributed by atoms with van der Waals surface area (Å²) in [5.41, 5.74) is 6.11. The smallest absolute Gasteiger partial charge is 0.303 e. The maximum atomic E-state index is 10.3. The minimum atomic E-state index is -0.657. The summed E-state index contributed by atoms with van der Waals surface area (Å²) in [4.78, 5) is 15.6. The molecule has 5 nitrogen and oxygen atoms in total. The third-order valence-corrected chi connectivity index (χ3v) is 9.40. The predicted octanol–water partition coefficient (Wildman–Crippen LogP) is 14.2. The molecule has 0 spiro atoms. The summed E-state index contributed by atoms with van der Waals surface area (Å²) in [7, 11) is 0. The van der Waals surface area contributed by atoms with Crippen LogP contribution in [0.1, 0.15) is 252 Å². The molecule has 0 saturated heterocycles. The summed E-state index contributed by atoms with van der Waals surface area (Å²) in [6, 6.07) is 0. The first-order valence-electron chi connectivity index (χ1n) is 21.5. The van der Waals surface area contributed by atoms with Gasteiger partial charge in [0.2, 0.25) is 0 Å². The Balaban J connectivity index is 0. The molecule has 0 aromatic carbocycles. The maximum Gasteiger partial charge on any atom is 0.303 e. The topological polar surface area (TPSA) is 70.6 Å². The number of carboxylic acids is 1. The molecular weight excluding hydrogens is 580 g/mol. The number of unbranched alkanes of at least 4 members (excludes halogenated alkanes) is 32. The van der Waals surface area contributed by atoms with Crippen LogP contribution in [0.5, 0.6) is 0 Å². The van der Waals surface area contributed by atoms with E-state index in [9.17, 15) is 4.79 Å². The van der Waals surface area contributed by atoms with Crippen molar-refractivity contribution in [3.05, 3.63) is 0 Å². The van der Waals surface area contributed by atoms with E-state index >= 15 is 0 Å². The van der Waals surface area contributed by atoms with Gasteiger partial charge in [-0.3, -0.25) is 4.79 Å². The Morgan fingerprint density at radius 3 is 0.809 bits per heavy atom. The average Bonchev–Trinajstić information content (AvgIpc) is 3.07. The van der Waals surface area contributed by atoms with Crippen molar-refractivity contribution in [3.8, 4) is 0 Å². The minimum absolute atomic E-state index is 0.344. The van der Waals surface area contributed by atoms with Crippen LogP contribution in [-0.2, 0) is 9.73 Å². The van der Waals surface area contributed by atoms with Gasteiger partial charge in [0.1, 0.15) is 0 Å². The molecule has 47 heavy (non-hydrogen) atoms. The Bertz CT molecular complexity index is 518. The van der Waals surface area contributed by atoms with Crippen LogP contribution in [-0.4, -0.2) is 24.2 Å². The molecule has 0 rings (SSSR count). The monoisotopic (exact) mass is 669 g/mol. The van der Waals surface area contributed by atoms with E-state index in [2.05, 4.69) is 31.7 Å². The zero-order valence-corrected chi connectivity index (χ0v) is 32.6. The first-order valence-corrected chi connectivity index (χ1v) is 21.5. The molecule has 5 heteroatoms. The zero-order chi connectivity index (χ0) is 34.6. The molecule has 0 unspecified atom stereocenters. The number of nitrogens with one attached hydrogen (secondary N) is 2. The Morgan fingerprint density at radius 2 is 0.574 bits per heavy atom. The van der Waals surface area contributed by atoms with Gasteiger partial charge in [-0.05, 0) is 19.3 Å². The third-order valence-electron chi connectivity index (χ3n) is 9.40. The average molecular weight is 669 g/mol. The minimum Gasteiger partial charge on any atom is -0.481 e. The van der Waals surface area contributed by atoms with Crippen LogP contribution >= 0.6 is 0 Å². The second-order valence-electron chi connectivity index (χ2n) is 14.3. The van der Waals surface area contributed by atoms with Gasteiger partial charge in [-0.15, -0.1) is 0 Å². The van der Waals surface area contributed by atoms with Gasteiger partial charge in [0.15, 0.2) is 0 Å². The summed E-state index contributed by atoms with van der Waals surface area (Å²) < 4.78 is 0. The van der Waals surface area contributed by atoms with E-state index in [-0.39, 0.29) is 0 Å². The number of hydrogen-bond donors (Lipinski definition) is 3. The molecule has 0 aromatic heterocycles. The van der Waals surface area contributed by atoms with Crippen LogP contribution in [0.25, 0.3) is 0 Å². The van der Waals surface area contributed by atoms with Crippen LogP contribution in [0.15, 0.2) is 0 Å². The lowest BCUT2D eigenvalue weighted by molar-refractivity contribution is -0.137. The van der Waals surface area contributed by atoms with Gasteiger partial charge in [0.25, 0.3) is 0 Å². The number of hydroxylamine groups is 2. The molecule has 0 aliphatic carbocycles. The molecule has 0 heterocycles. The van der Waals surface area contributed by atoms with Crippen molar-refractivity contribution in [1.29, 1.82) is 0 Å². The highest BCUT2D eigenvalue weighted by Gasteiger charge is 1.98.